The largest absolute Gasteiger partial charge is 0.391 e. The van der Waals surface area contributed by atoms with E-state index in [1.165, 1.54) is 24.0 Å². The molecule has 2 aromatic rings. The van der Waals surface area contributed by atoms with Crippen LogP contribution in [-0.2, 0) is 4.79 Å². The van der Waals surface area contributed by atoms with Crippen LogP contribution in [0.5, 0.6) is 0 Å². The Hall–Kier alpha value is -2.28. The van der Waals surface area contributed by atoms with Crippen molar-refractivity contribution in [3.05, 3.63) is 36.0 Å². The lowest BCUT2D eigenvalue weighted by Gasteiger charge is -2.19. The van der Waals surface area contributed by atoms with E-state index < -0.39 is 12.1 Å². The van der Waals surface area contributed by atoms with Gasteiger partial charge >= 0.3 is 0 Å². The van der Waals surface area contributed by atoms with Crippen LogP contribution in [-0.4, -0.2) is 38.7 Å². The van der Waals surface area contributed by atoms with E-state index in [2.05, 4.69) is 10.1 Å². The summed E-state index contributed by atoms with van der Waals surface area (Å²) >= 11 is 0. The first-order chi connectivity index (χ1) is 10.0. The van der Waals surface area contributed by atoms with Crippen molar-refractivity contribution in [3.63, 3.8) is 0 Å². The Labute approximate surface area is 120 Å². The summed E-state index contributed by atoms with van der Waals surface area (Å²) in [6.07, 6.45) is -0.231. The van der Waals surface area contributed by atoms with Crippen molar-refractivity contribution in [1.82, 2.24) is 15.0 Å². The topological polar surface area (TPSA) is 79.5 Å². The maximum atomic E-state index is 12.9. The quantitative estimate of drug-likeness (QED) is 0.907. The number of rotatable bonds is 2. The molecule has 3 rings (SSSR count). The number of hydrogen-bond acceptors (Lipinski definition) is 5. The van der Waals surface area contributed by atoms with Gasteiger partial charge in [0.15, 0.2) is 0 Å². The molecule has 7 heteroatoms. The second kappa shape index (κ2) is 5.25. The number of likely N-dealkylation sites (tertiary alicyclic amines) is 1. The summed E-state index contributed by atoms with van der Waals surface area (Å²) in [7, 11) is 0. The number of aliphatic hydroxyl groups is 1. The highest BCUT2D eigenvalue weighted by atomic mass is 19.1. The van der Waals surface area contributed by atoms with Crippen molar-refractivity contribution in [3.8, 4) is 11.4 Å². The number of carbonyl (C=O) groups excluding carboxylic acids is 1. The first-order valence-electron chi connectivity index (χ1n) is 6.59. The van der Waals surface area contributed by atoms with Crippen LogP contribution in [0.15, 0.2) is 28.8 Å². The fraction of sp³-hybridized carbons (Fsp3) is 0.357. The molecule has 1 aromatic carbocycles. The molecule has 21 heavy (non-hydrogen) atoms. The Balaban J connectivity index is 1.87. The Kier molecular flexibility index (Phi) is 3.42. The highest BCUT2D eigenvalue weighted by Gasteiger charge is 2.37. The van der Waals surface area contributed by atoms with Crippen LogP contribution < -0.4 is 0 Å². The molecule has 0 radical (unpaired) electrons. The minimum absolute atomic E-state index is 0.155. The Morgan fingerprint density at radius 2 is 2.14 bits per heavy atom. The third-order valence-electron chi connectivity index (χ3n) is 3.51. The summed E-state index contributed by atoms with van der Waals surface area (Å²) in [4.78, 5) is 17.3. The number of nitrogens with zero attached hydrogens (tertiary/aromatic N) is 3. The fourth-order valence-electron chi connectivity index (χ4n) is 2.48. The number of halogens is 1. The van der Waals surface area contributed by atoms with Gasteiger partial charge in [-0.15, -0.1) is 0 Å². The smallest absolute Gasteiger partial charge is 0.249 e. The number of aliphatic hydroxyl groups excluding tert-OH is 1. The number of hydrogen-bond donors (Lipinski definition) is 1. The van der Waals surface area contributed by atoms with E-state index in [0.717, 1.165) is 0 Å². The Morgan fingerprint density at radius 1 is 1.43 bits per heavy atom. The van der Waals surface area contributed by atoms with Gasteiger partial charge in [-0.3, -0.25) is 4.79 Å². The van der Waals surface area contributed by atoms with Gasteiger partial charge in [-0.05, 0) is 24.3 Å². The van der Waals surface area contributed by atoms with E-state index in [0.29, 0.717) is 17.8 Å². The summed E-state index contributed by atoms with van der Waals surface area (Å²) in [6.45, 7) is 1.69. The lowest BCUT2D eigenvalue weighted by molar-refractivity contribution is -0.130. The highest BCUT2D eigenvalue weighted by Crippen LogP contribution is 2.32. The highest BCUT2D eigenvalue weighted by molar-refractivity contribution is 5.74. The molecule has 1 aliphatic heterocycles. The molecule has 110 valence electrons. The number of carbonyl (C=O) groups is 1. The average molecular weight is 291 g/mol. The van der Waals surface area contributed by atoms with E-state index >= 15 is 0 Å². The van der Waals surface area contributed by atoms with E-state index in [-0.39, 0.29) is 24.2 Å². The van der Waals surface area contributed by atoms with E-state index in [9.17, 15) is 14.3 Å². The second-order valence-electron chi connectivity index (χ2n) is 5.04. The van der Waals surface area contributed by atoms with Crippen molar-refractivity contribution < 1.29 is 18.8 Å². The average Bonchev–Trinajstić information content (AvgIpc) is 3.06. The van der Waals surface area contributed by atoms with Crippen LogP contribution in [0.2, 0.25) is 0 Å². The van der Waals surface area contributed by atoms with Crippen molar-refractivity contribution in [2.45, 2.75) is 25.5 Å². The van der Waals surface area contributed by atoms with Gasteiger partial charge in [0.1, 0.15) is 11.9 Å². The summed E-state index contributed by atoms with van der Waals surface area (Å²) < 4.78 is 18.1. The maximum Gasteiger partial charge on any atom is 0.249 e. The zero-order valence-electron chi connectivity index (χ0n) is 11.4. The first kappa shape index (κ1) is 13.7. The summed E-state index contributed by atoms with van der Waals surface area (Å²) in [5, 5.41) is 13.6. The molecule has 1 aliphatic rings. The third-order valence-corrected chi connectivity index (χ3v) is 3.51. The van der Waals surface area contributed by atoms with Crippen LogP contribution in [0.1, 0.15) is 25.3 Å². The van der Waals surface area contributed by atoms with Gasteiger partial charge in [0.05, 0.1) is 6.10 Å². The Bertz CT molecular complexity index is 656. The van der Waals surface area contributed by atoms with E-state index in [4.69, 9.17) is 4.52 Å². The lowest BCUT2D eigenvalue weighted by Crippen LogP contribution is -2.29. The first-order valence-corrected chi connectivity index (χ1v) is 6.59. The molecule has 1 amide bonds. The van der Waals surface area contributed by atoms with Crippen LogP contribution >= 0.6 is 0 Å². The van der Waals surface area contributed by atoms with E-state index in [1.807, 2.05) is 0 Å². The molecular formula is C14H14FN3O3. The number of aromatic nitrogens is 2. The predicted octanol–water partition coefficient (Wildman–Crippen LogP) is 1.53. The van der Waals surface area contributed by atoms with Crippen LogP contribution in [0, 0.1) is 5.82 Å². The van der Waals surface area contributed by atoms with Gasteiger partial charge in [-0.2, -0.15) is 4.98 Å². The zero-order valence-corrected chi connectivity index (χ0v) is 11.4. The molecular weight excluding hydrogens is 277 g/mol. The van der Waals surface area contributed by atoms with Gasteiger partial charge in [0, 0.05) is 25.5 Å². The van der Waals surface area contributed by atoms with Crippen LogP contribution in [0.25, 0.3) is 11.4 Å². The normalized spacial score (nSPS) is 21.8. The minimum atomic E-state index is -0.597. The SMILES string of the molecule is CC(=O)N1C[C@H](O)C[C@@H]1c1nc(-c2ccc(F)cc2)no1. The molecule has 0 spiro atoms. The van der Waals surface area contributed by atoms with Gasteiger partial charge in [0.25, 0.3) is 0 Å². The number of amides is 1. The molecule has 2 atom stereocenters. The molecule has 2 heterocycles. The molecule has 0 saturated carbocycles. The summed E-state index contributed by atoms with van der Waals surface area (Å²) in [5.41, 5.74) is 0.624. The monoisotopic (exact) mass is 291 g/mol. The molecule has 1 fully saturated rings. The fourth-order valence-corrected chi connectivity index (χ4v) is 2.48. The zero-order chi connectivity index (χ0) is 15.0. The maximum absolute atomic E-state index is 12.9. The summed E-state index contributed by atoms with van der Waals surface area (Å²) in [6, 6.07) is 5.31. The van der Waals surface area contributed by atoms with Gasteiger partial charge in [-0.1, -0.05) is 5.16 Å². The number of β-amino-alcohol motifs (C(OH)–C–C–N with tert-alkyl or cyclic N) is 1. The number of benzene rings is 1. The molecule has 1 N–H and O–H groups in total. The van der Waals surface area contributed by atoms with Gasteiger partial charge in [-0.25, -0.2) is 4.39 Å². The van der Waals surface area contributed by atoms with Crippen LogP contribution in [0.3, 0.4) is 0 Å². The van der Waals surface area contributed by atoms with Crippen molar-refractivity contribution >= 4 is 5.91 Å². The van der Waals surface area contributed by atoms with Crippen molar-refractivity contribution in [2.24, 2.45) is 0 Å². The molecule has 1 saturated heterocycles. The van der Waals surface area contributed by atoms with Crippen molar-refractivity contribution in [2.75, 3.05) is 6.54 Å². The molecule has 0 bridgehead atoms. The lowest BCUT2D eigenvalue weighted by atomic mass is 10.2. The van der Waals surface area contributed by atoms with Crippen LogP contribution in [0.4, 0.5) is 4.39 Å². The standard InChI is InChI=1S/C14H14FN3O3/c1-8(19)18-7-11(20)6-12(18)14-16-13(17-21-14)9-2-4-10(15)5-3-9/h2-5,11-12,20H,6-7H2,1H3/t11-,12-/m1/s1. The minimum Gasteiger partial charge on any atom is -0.391 e. The molecule has 0 aliphatic carbocycles. The second-order valence-corrected chi connectivity index (χ2v) is 5.04. The predicted molar refractivity (Wildman–Crippen MR) is 70.4 cm³/mol. The molecule has 6 nitrogen and oxygen atoms in total. The van der Waals surface area contributed by atoms with Gasteiger partial charge in [0.2, 0.25) is 17.6 Å². The molecule has 1 aromatic heterocycles. The Morgan fingerprint density at radius 3 is 2.81 bits per heavy atom. The third kappa shape index (κ3) is 2.64. The molecule has 0 unspecified atom stereocenters. The summed E-state index contributed by atoms with van der Waals surface area (Å²) in [5.74, 6) is 0.109. The van der Waals surface area contributed by atoms with Gasteiger partial charge < -0.3 is 14.5 Å². The van der Waals surface area contributed by atoms with Crippen molar-refractivity contribution in [1.29, 1.82) is 0 Å². The van der Waals surface area contributed by atoms with E-state index in [1.54, 1.807) is 12.1 Å².